The highest BCUT2D eigenvalue weighted by molar-refractivity contribution is 5.74. The zero-order valence-electron chi connectivity index (χ0n) is 12.5. The van der Waals surface area contributed by atoms with Gasteiger partial charge in [0.2, 0.25) is 0 Å². The van der Waals surface area contributed by atoms with E-state index in [1.807, 2.05) is 11.8 Å². The number of rotatable bonds is 5. The van der Waals surface area contributed by atoms with E-state index in [1.165, 1.54) is 6.07 Å². The monoisotopic (exact) mass is 294 g/mol. The molecule has 1 fully saturated rings. The van der Waals surface area contributed by atoms with Crippen LogP contribution in [-0.2, 0) is 0 Å². The van der Waals surface area contributed by atoms with Gasteiger partial charge in [-0.1, -0.05) is 19.1 Å². The maximum Gasteiger partial charge on any atom is 0.317 e. The van der Waals surface area contributed by atoms with Crippen molar-refractivity contribution in [1.82, 2.24) is 10.2 Å². The SMILES string of the molecule is CCCNC(=O)N1CCCC(COc2ccccc2F)C1. The van der Waals surface area contributed by atoms with Gasteiger partial charge in [-0.3, -0.25) is 0 Å². The minimum Gasteiger partial charge on any atom is -0.490 e. The van der Waals surface area contributed by atoms with Crippen LogP contribution in [0.5, 0.6) is 5.75 Å². The van der Waals surface area contributed by atoms with Crippen LogP contribution < -0.4 is 10.1 Å². The van der Waals surface area contributed by atoms with Gasteiger partial charge >= 0.3 is 6.03 Å². The molecule has 0 saturated carbocycles. The Kier molecular flexibility index (Phi) is 5.84. The fourth-order valence-electron chi connectivity index (χ4n) is 2.50. The van der Waals surface area contributed by atoms with Crippen molar-refractivity contribution in [3.8, 4) is 5.75 Å². The van der Waals surface area contributed by atoms with Crippen molar-refractivity contribution < 1.29 is 13.9 Å². The molecule has 0 bridgehead atoms. The van der Waals surface area contributed by atoms with Gasteiger partial charge in [0.25, 0.3) is 0 Å². The third kappa shape index (κ3) is 4.62. The number of para-hydroxylation sites is 1. The van der Waals surface area contributed by atoms with Crippen molar-refractivity contribution in [3.63, 3.8) is 0 Å². The number of nitrogens with one attached hydrogen (secondary N) is 1. The molecule has 0 spiro atoms. The molecule has 2 rings (SSSR count). The fourth-order valence-corrected chi connectivity index (χ4v) is 2.50. The van der Waals surface area contributed by atoms with Gasteiger partial charge in [-0.25, -0.2) is 9.18 Å². The van der Waals surface area contributed by atoms with E-state index in [1.54, 1.807) is 18.2 Å². The third-order valence-corrected chi connectivity index (χ3v) is 3.64. The number of nitrogens with zero attached hydrogens (tertiary/aromatic N) is 1. The summed E-state index contributed by atoms with van der Waals surface area (Å²) in [5.41, 5.74) is 0. The maximum absolute atomic E-state index is 13.5. The number of ether oxygens (including phenoxy) is 1. The number of urea groups is 1. The van der Waals surface area contributed by atoms with Crippen molar-refractivity contribution in [2.45, 2.75) is 26.2 Å². The van der Waals surface area contributed by atoms with E-state index in [2.05, 4.69) is 5.32 Å². The van der Waals surface area contributed by atoms with Crippen molar-refractivity contribution in [2.24, 2.45) is 5.92 Å². The quantitative estimate of drug-likeness (QED) is 0.907. The zero-order chi connectivity index (χ0) is 15.1. The van der Waals surface area contributed by atoms with E-state index in [9.17, 15) is 9.18 Å². The Morgan fingerprint density at radius 1 is 1.48 bits per heavy atom. The number of carbonyl (C=O) groups is 1. The Morgan fingerprint density at radius 2 is 2.29 bits per heavy atom. The molecule has 21 heavy (non-hydrogen) atoms. The second-order valence-electron chi connectivity index (χ2n) is 5.43. The molecule has 1 atom stereocenters. The standard InChI is InChI=1S/C16H23FN2O2/c1-2-9-18-16(20)19-10-5-6-13(11-19)12-21-15-8-4-3-7-14(15)17/h3-4,7-8,13H,2,5-6,9-12H2,1H3,(H,18,20). The molecule has 1 aromatic rings. The molecule has 1 aliphatic heterocycles. The second-order valence-corrected chi connectivity index (χ2v) is 5.43. The number of benzene rings is 1. The number of likely N-dealkylation sites (tertiary alicyclic amines) is 1. The summed E-state index contributed by atoms with van der Waals surface area (Å²) in [7, 11) is 0. The fraction of sp³-hybridized carbons (Fsp3) is 0.562. The predicted molar refractivity (Wildman–Crippen MR) is 79.9 cm³/mol. The molecule has 0 aliphatic carbocycles. The van der Waals surface area contributed by atoms with Gasteiger partial charge in [0.15, 0.2) is 11.6 Å². The van der Waals surface area contributed by atoms with Gasteiger partial charge < -0.3 is 15.0 Å². The van der Waals surface area contributed by atoms with Crippen LogP contribution in [0.1, 0.15) is 26.2 Å². The van der Waals surface area contributed by atoms with E-state index in [0.717, 1.165) is 25.8 Å². The van der Waals surface area contributed by atoms with Crippen LogP contribution in [0.15, 0.2) is 24.3 Å². The smallest absolute Gasteiger partial charge is 0.317 e. The molecule has 1 heterocycles. The highest BCUT2D eigenvalue weighted by Crippen LogP contribution is 2.20. The van der Waals surface area contributed by atoms with Gasteiger partial charge in [0.1, 0.15) is 0 Å². The number of hydrogen-bond donors (Lipinski definition) is 1. The minimum absolute atomic E-state index is 0.00700. The number of piperidine rings is 1. The third-order valence-electron chi connectivity index (χ3n) is 3.64. The molecule has 1 saturated heterocycles. The molecule has 5 heteroatoms. The zero-order valence-corrected chi connectivity index (χ0v) is 12.5. The number of halogens is 1. The van der Waals surface area contributed by atoms with E-state index in [-0.39, 0.29) is 23.5 Å². The lowest BCUT2D eigenvalue weighted by atomic mass is 9.99. The Bertz CT molecular complexity index is 467. The highest BCUT2D eigenvalue weighted by atomic mass is 19.1. The second kappa shape index (κ2) is 7.86. The van der Waals surface area contributed by atoms with Crippen LogP contribution in [0.2, 0.25) is 0 Å². The average molecular weight is 294 g/mol. The summed E-state index contributed by atoms with van der Waals surface area (Å²) in [6.07, 6.45) is 2.90. The first-order chi connectivity index (χ1) is 10.2. The van der Waals surface area contributed by atoms with Crippen molar-refractivity contribution in [2.75, 3.05) is 26.2 Å². The summed E-state index contributed by atoms with van der Waals surface area (Å²) in [5, 5.41) is 2.89. The van der Waals surface area contributed by atoms with Gasteiger partial charge in [-0.05, 0) is 31.4 Å². The van der Waals surface area contributed by atoms with Gasteiger partial charge in [-0.2, -0.15) is 0 Å². The molecule has 4 nitrogen and oxygen atoms in total. The number of hydrogen-bond acceptors (Lipinski definition) is 2. The molecule has 116 valence electrons. The summed E-state index contributed by atoms with van der Waals surface area (Å²) in [4.78, 5) is 13.8. The van der Waals surface area contributed by atoms with Crippen LogP contribution in [0, 0.1) is 11.7 Å². The summed E-state index contributed by atoms with van der Waals surface area (Å²) in [6.45, 7) is 4.63. The van der Waals surface area contributed by atoms with Crippen molar-refractivity contribution >= 4 is 6.03 Å². The predicted octanol–water partition coefficient (Wildman–Crippen LogP) is 3.04. The average Bonchev–Trinajstić information content (AvgIpc) is 2.52. The lowest BCUT2D eigenvalue weighted by Gasteiger charge is -2.32. The molecular weight excluding hydrogens is 271 g/mol. The summed E-state index contributed by atoms with van der Waals surface area (Å²) >= 11 is 0. The van der Waals surface area contributed by atoms with Crippen LogP contribution in [0.4, 0.5) is 9.18 Å². The van der Waals surface area contributed by atoms with E-state index in [0.29, 0.717) is 19.7 Å². The first-order valence-electron chi connectivity index (χ1n) is 7.60. The first kappa shape index (κ1) is 15.6. The Labute approximate surface area is 125 Å². The number of amides is 2. The largest absolute Gasteiger partial charge is 0.490 e. The van der Waals surface area contributed by atoms with E-state index >= 15 is 0 Å². The Balaban J connectivity index is 1.81. The van der Waals surface area contributed by atoms with Crippen molar-refractivity contribution in [1.29, 1.82) is 0 Å². The molecule has 0 aromatic heterocycles. The van der Waals surface area contributed by atoms with Crippen LogP contribution >= 0.6 is 0 Å². The topological polar surface area (TPSA) is 41.6 Å². The minimum atomic E-state index is -0.342. The van der Waals surface area contributed by atoms with Gasteiger partial charge in [0.05, 0.1) is 6.61 Å². The summed E-state index contributed by atoms with van der Waals surface area (Å²) in [5.74, 6) is 0.196. The first-order valence-corrected chi connectivity index (χ1v) is 7.60. The molecular formula is C16H23FN2O2. The van der Waals surface area contributed by atoms with Crippen molar-refractivity contribution in [3.05, 3.63) is 30.1 Å². The van der Waals surface area contributed by atoms with Crippen LogP contribution in [-0.4, -0.2) is 37.2 Å². The van der Waals surface area contributed by atoms with Crippen LogP contribution in [0.25, 0.3) is 0 Å². The molecule has 2 amide bonds. The summed E-state index contributed by atoms with van der Waals surface area (Å²) in [6, 6.07) is 6.41. The highest BCUT2D eigenvalue weighted by Gasteiger charge is 2.24. The maximum atomic E-state index is 13.5. The molecule has 0 radical (unpaired) electrons. The molecule has 1 unspecified atom stereocenters. The van der Waals surface area contributed by atoms with Gasteiger partial charge in [-0.15, -0.1) is 0 Å². The summed E-state index contributed by atoms with van der Waals surface area (Å²) < 4.78 is 19.0. The lowest BCUT2D eigenvalue weighted by molar-refractivity contribution is 0.136. The van der Waals surface area contributed by atoms with E-state index in [4.69, 9.17) is 4.74 Å². The lowest BCUT2D eigenvalue weighted by Crippen LogP contribution is -2.46. The Hall–Kier alpha value is -1.78. The van der Waals surface area contributed by atoms with Gasteiger partial charge in [0, 0.05) is 25.6 Å². The van der Waals surface area contributed by atoms with E-state index < -0.39 is 0 Å². The Morgan fingerprint density at radius 3 is 3.05 bits per heavy atom. The molecule has 1 aliphatic rings. The van der Waals surface area contributed by atoms with Crippen LogP contribution in [0.3, 0.4) is 0 Å². The molecule has 1 N–H and O–H groups in total. The normalized spacial score (nSPS) is 18.4. The number of carbonyl (C=O) groups excluding carboxylic acids is 1. The molecule has 1 aromatic carbocycles.